The molecule has 0 fully saturated rings. The van der Waals surface area contributed by atoms with E-state index >= 15 is 0 Å². The van der Waals surface area contributed by atoms with Crippen molar-refractivity contribution < 1.29 is 18.1 Å². The zero-order chi connectivity index (χ0) is 12.9. The molecule has 0 aliphatic rings. The maximum atomic E-state index is 12.1. The smallest absolute Gasteiger partial charge is 0.402 e. The molecule has 0 aliphatic carbocycles. The van der Waals surface area contributed by atoms with E-state index in [4.69, 9.17) is 25.2 Å². The van der Waals surface area contributed by atoms with Crippen molar-refractivity contribution in [3.05, 3.63) is 28.8 Å². The SMILES string of the molecule is CCOP(=O)(OCC)Oc1ccc(C)cc1Cl. The Morgan fingerprint density at radius 3 is 2.29 bits per heavy atom. The number of hydrogen-bond acceptors (Lipinski definition) is 4. The first-order valence-corrected chi connectivity index (χ1v) is 7.19. The van der Waals surface area contributed by atoms with Crippen LogP contribution in [0.2, 0.25) is 5.02 Å². The minimum atomic E-state index is -3.57. The van der Waals surface area contributed by atoms with Crippen LogP contribution in [0.5, 0.6) is 5.75 Å². The number of benzene rings is 1. The molecule has 6 heteroatoms. The van der Waals surface area contributed by atoms with Gasteiger partial charge in [-0.05, 0) is 38.5 Å². The van der Waals surface area contributed by atoms with Crippen molar-refractivity contribution in [2.75, 3.05) is 13.2 Å². The number of phosphoric ester groups is 1. The minimum absolute atomic E-state index is 0.237. The summed E-state index contributed by atoms with van der Waals surface area (Å²) in [6, 6.07) is 5.17. The highest BCUT2D eigenvalue weighted by molar-refractivity contribution is 7.48. The van der Waals surface area contributed by atoms with Gasteiger partial charge in [0.1, 0.15) is 5.75 Å². The lowest BCUT2D eigenvalue weighted by molar-refractivity contribution is 0.167. The van der Waals surface area contributed by atoms with E-state index in [0.29, 0.717) is 10.8 Å². The molecule has 0 amide bonds. The lowest BCUT2D eigenvalue weighted by Gasteiger charge is -2.17. The molecule has 0 aromatic heterocycles. The van der Waals surface area contributed by atoms with Crippen LogP contribution in [-0.4, -0.2) is 13.2 Å². The highest BCUT2D eigenvalue weighted by atomic mass is 35.5. The third-order valence-electron chi connectivity index (χ3n) is 1.87. The van der Waals surface area contributed by atoms with Crippen LogP contribution in [0, 0.1) is 6.92 Å². The van der Waals surface area contributed by atoms with Gasteiger partial charge in [-0.1, -0.05) is 17.7 Å². The molecule has 0 bridgehead atoms. The quantitative estimate of drug-likeness (QED) is 0.731. The maximum Gasteiger partial charge on any atom is 0.530 e. The summed E-state index contributed by atoms with van der Waals surface area (Å²) in [6.45, 7) is 5.80. The van der Waals surface area contributed by atoms with Gasteiger partial charge in [-0.15, -0.1) is 0 Å². The Morgan fingerprint density at radius 1 is 1.24 bits per heavy atom. The Labute approximate surface area is 106 Å². The van der Waals surface area contributed by atoms with Crippen LogP contribution in [0.1, 0.15) is 19.4 Å². The van der Waals surface area contributed by atoms with E-state index in [0.717, 1.165) is 5.56 Å². The molecule has 0 saturated carbocycles. The van der Waals surface area contributed by atoms with Crippen LogP contribution >= 0.6 is 19.4 Å². The molecule has 1 aromatic carbocycles. The van der Waals surface area contributed by atoms with Gasteiger partial charge in [0, 0.05) is 0 Å². The molecule has 96 valence electrons. The van der Waals surface area contributed by atoms with Crippen molar-refractivity contribution in [2.24, 2.45) is 0 Å². The van der Waals surface area contributed by atoms with Crippen molar-refractivity contribution in [2.45, 2.75) is 20.8 Å². The molecule has 1 aromatic rings. The van der Waals surface area contributed by atoms with Crippen LogP contribution in [0.25, 0.3) is 0 Å². The van der Waals surface area contributed by atoms with Gasteiger partial charge < -0.3 is 4.52 Å². The van der Waals surface area contributed by atoms with Gasteiger partial charge in [-0.3, -0.25) is 9.05 Å². The highest BCUT2D eigenvalue weighted by Crippen LogP contribution is 2.50. The average molecular weight is 279 g/mol. The van der Waals surface area contributed by atoms with E-state index in [9.17, 15) is 4.57 Å². The monoisotopic (exact) mass is 278 g/mol. The first kappa shape index (κ1) is 14.5. The number of aryl methyl sites for hydroxylation is 1. The Kier molecular flexibility index (Phi) is 5.47. The number of hydrogen-bond donors (Lipinski definition) is 0. The van der Waals surface area contributed by atoms with Crippen LogP contribution < -0.4 is 4.52 Å². The van der Waals surface area contributed by atoms with Crippen LogP contribution in [0.3, 0.4) is 0 Å². The summed E-state index contributed by atoms with van der Waals surface area (Å²) >= 11 is 5.98. The molecule has 0 heterocycles. The van der Waals surface area contributed by atoms with Crippen molar-refractivity contribution in [1.82, 2.24) is 0 Å². The highest BCUT2D eigenvalue weighted by Gasteiger charge is 2.28. The van der Waals surface area contributed by atoms with E-state index in [2.05, 4.69) is 0 Å². The third-order valence-corrected chi connectivity index (χ3v) is 3.74. The Hall–Kier alpha value is -0.540. The van der Waals surface area contributed by atoms with Crippen molar-refractivity contribution in [1.29, 1.82) is 0 Å². The zero-order valence-electron chi connectivity index (χ0n) is 10.1. The fourth-order valence-electron chi connectivity index (χ4n) is 1.21. The zero-order valence-corrected chi connectivity index (χ0v) is 11.8. The molecular formula is C11H16ClO4P. The molecule has 4 nitrogen and oxygen atoms in total. The van der Waals surface area contributed by atoms with Crippen molar-refractivity contribution in [3.8, 4) is 5.75 Å². The molecule has 0 saturated heterocycles. The van der Waals surface area contributed by atoms with E-state index < -0.39 is 7.82 Å². The lowest BCUT2D eigenvalue weighted by atomic mass is 10.2. The predicted octanol–water partition coefficient (Wildman–Crippen LogP) is 4.21. The first-order chi connectivity index (χ1) is 8.00. The molecule has 0 aliphatic heterocycles. The summed E-state index contributed by atoms with van der Waals surface area (Å²) in [5, 5.41) is 0.379. The number of phosphoric acid groups is 1. The second-order valence-electron chi connectivity index (χ2n) is 3.31. The van der Waals surface area contributed by atoms with Gasteiger partial charge >= 0.3 is 7.82 Å². The normalized spacial score (nSPS) is 11.5. The van der Waals surface area contributed by atoms with Gasteiger partial charge in [-0.2, -0.15) is 0 Å². The third kappa shape index (κ3) is 4.32. The van der Waals surface area contributed by atoms with Gasteiger partial charge in [0.15, 0.2) is 0 Å². The Morgan fingerprint density at radius 2 is 1.82 bits per heavy atom. The summed E-state index contributed by atoms with van der Waals surface area (Å²) in [4.78, 5) is 0. The topological polar surface area (TPSA) is 44.8 Å². The average Bonchev–Trinajstić information content (AvgIpc) is 2.23. The van der Waals surface area contributed by atoms with Crippen LogP contribution in [0.4, 0.5) is 0 Å². The number of halogens is 1. The predicted molar refractivity (Wildman–Crippen MR) is 67.7 cm³/mol. The summed E-state index contributed by atoms with van der Waals surface area (Å²) in [5.41, 5.74) is 0.991. The second-order valence-corrected chi connectivity index (χ2v) is 5.31. The summed E-state index contributed by atoms with van der Waals surface area (Å²) < 4.78 is 27.4. The van der Waals surface area contributed by atoms with E-state index in [-0.39, 0.29) is 13.2 Å². The van der Waals surface area contributed by atoms with Crippen molar-refractivity contribution in [3.63, 3.8) is 0 Å². The molecule has 0 unspecified atom stereocenters. The van der Waals surface area contributed by atoms with E-state index in [1.54, 1.807) is 26.0 Å². The molecule has 17 heavy (non-hydrogen) atoms. The lowest BCUT2D eigenvalue weighted by Crippen LogP contribution is -2.02. The largest absolute Gasteiger partial charge is 0.530 e. The van der Waals surface area contributed by atoms with E-state index in [1.165, 1.54) is 0 Å². The molecule has 0 spiro atoms. The summed E-state index contributed by atoms with van der Waals surface area (Å²) in [5.74, 6) is 0.294. The Balaban J connectivity index is 2.89. The van der Waals surface area contributed by atoms with Crippen molar-refractivity contribution >= 4 is 19.4 Å². The fourth-order valence-corrected chi connectivity index (χ4v) is 2.75. The molecule has 0 N–H and O–H groups in total. The molecule has 0 radical (unpaired) electrons. The van der Waals surface area contributed by atoms with Gasteiger partial charge in [0.25, 0.3) is 0 Å². The standard InChI is InChI=1S/C11H16ClO4P/c1-4-14-17(13,15-5-2)16-11-7-6-9(3)8-10(11)12/h6-8H,4-5H2,1-3H3. The first-order valence-electron chi connectivity index (χ1n) is 5.35. The van der Waals surface area contributed by atoms with E-state index in [1.807, 2.05) is 13.0 Å². The van der Waals surface area contributed by atoms with Crippen LogP contribution in [0.15, 0.2) is 18.2 Å². The van der Waals surface area contributed by atoms with Gasteiger partial charge in [-0.25, -0.2) is 4.57 Å². The summed E-state index contributed by atoms with van der Waals surface area (Å²) in [7, 11) is -3.57. The molecule has 0 atom stereocenters. The number of rotatable bonds is 6. The molecular weight excluding hydrogens is 263 g/mol. The molecule has 1 rings (SSSR count). The minimum Gasteiger partial charge on any atom is -0.402 e. The van der Waals surface area contributed by atoms with Gasteiger partial charge in [0.05, 0.1) is 18.2 Å². The van der Waals surface area contributed by atoms with Gasteiger partial charge in [0.2, 0.25) is 0 Å². The fraction of sp³-hybridized carbons (Fsp3) is 0.455. The second kappa shape index (κ2) is 6.41. The van der Waals surface area contributed by atoms with Crippen LogP contribution in [-0.2, 0) is 13.6 Å². The maximum absolute atomic E-state index is 12.1. The summed E-state index contributed by atoms with van der Waals surface area (Å²) in [6.07, 6.45) is 0. The Bertz CT molecular complexity index is 412.